The summed E-state index contributed by atoms with van der Waals surface area (Å²) < 4.78 is 36.2. The molecule has 1 amide bonds. The topological polar surface area (TPSA) is 115 Å². The molecule has 0 bridgehead atoms. The number of hydrogen-bond donors (Lipinski definition) is 1. The standard InChI is InChI=1S/C17H23BrN4O5S.C7H8/c1-10(19-16(23)27-17(2,3)4)14-20-21-15(26-14)11-7-12(18)9-13(8-11)22(5)28(6,24)25;1-7-5-3-2-4-6-7/h7-10H,1-6H3,(H,19,23);2-6H,1H3/t10-;/m0./s1. The highest BCUT2D eigenvalue weighted by atomic mass is 79.9. The molecule has 1 atom stereocenters. The zero-order valence-electron chi connectivity index (χ0n) is 20.9. The third-order valence-electron chi connectivity index (χ3n) is 4.48. The largest absolute Gasteiger partial charge is 0.444 e. The highest BCUT2D eigenvalue weighted by molar-refractivity contribution is 9.10. The van der Waals surface area contributed by atoms with E-state index in [9.17, 15) is 13.2 Å². The van der Waals surface area contributed by atoms with Gasteiger partial charge in [0.05, 0.1) is 11.9 Å². The van der Waals surface area contributed by atoms with E-state index in [0.717, 1.165) is 10.6 Å². The molecule has 3 aromatic rings. The fraction of sp³-hybridized carbons (Fsp3) is 0.375. The molecule has 11 heteroatoms. The Labute approximate surface area is 215 Å². The van der Waals surface area contributed by atoms with Crippen LogP contribution in [-0.2, 0) is 14.8 Å². The van der Waals surface area contributed by atoms with E-state index in [1.54, 1.807) is 45.9 Å². The molecule has 0 aliphatic carbocycles. The smallest absolute Gasteiger partial charge is 0.408 e. The van der Waals surface area contributed by atoms with E-state index in [1.807, 2.05) is 18.2 Å². The van der Waals surface area contributed by atoms with Crippen molar-refractivity contribution < 1.29 is 22.4 Å². The van der Waals surface area contributed by atoms with Gasteiger partial charge in [-0.2, -0.15) is 0 Å². The SMILES string of the molecule is C[C@H](NC(=O)OC(C)(C)C)c1nnc(-c2cc(Br)cc(N(C)S(C)(=O)=O)c2)o1.Cc1ccccc1. The highest BCUT2D eigenvalue weighted by Crippen LogP contribution is 2.30. The minimum absolute atomic E-state index is 0.192. The van der Waals surface area contributed by atoms with Gasteiger partial charge in [0.15, 0.2) is 0 Å². The highest BCUT2D eigenvalue weighted by Gasteiger charge is 2.22. The Hall–Kier alpha value is -2.92. The van der Waals surface area contributed by atoms with E-state index in [0.29, 0.717) is 15.7 Å². The van der Waals surface area contributed by atoms with Crippen LogP contribution in [0.3, 0.4) is 0 Å². The van der Waals surface area contributed by atoms with Crippen molar-refractivity contribution in [2.75, 3.05) is 17.6 Å². The molecule has 1 heterocycles. The van der Waals surface area contributed by atoms with Crippen molar-refractivity contribution >= 4 is 37.7 Å². The summed E-state index contributed by atoms with van der Waals surface area (Å²) in [5.41, 5.74) is 1.67. The van der Waals surface area contributed by atoms with Crippen molar-refractivity contribution in [2.24, 2.45) is 0 Å². The van der Waals surface area contributed by atoms with E-state index in [2.05, 4.69) is 50.5 Å². The molecule has 3 rings (SSSR count). The van der Waals surface area contributed by atoms with Gasteiger partial charge < -0.3 is 14.5 Å². The first-order chi connectivity index (χ1) is 16.2. The lowest BCUT2D eigenvalue weighted by atomic mass is 10.2. The monoisotopic (exact) mass is 566 g/mol. The number of benzene rings is 2. The molecular weight excluding hydrogens is 536 g/mol. The predicted octanol–water partition coefficient (Wildman–Crippen LogP) is 5.48. The van der Waals surface area contributed by atoms with E-state index < -0.39 is 27.8 Å². The zero-order valence-corrected chi connectivity index (χ0v) is 23.3. The number of amides is 1. The minimum atomic E-state index is -3.42. The first-order valence-corrected chi connectivity index (χ1v) is 13.4. The van der Waals surface area contributed by atoms with Gasteiger partial charge in [-0.25, -0.2) is 13.2 Å². The van der Waals surface area contributed by atoms with Crippen LogP contribution >= 0.6 is 15.9 Å². The molecule has 0 spiro atoms. The van der Waals surface area contributed by atoms with Crippen LogP contribution in [0.5, 0.6) is 0 Å². The van der Waals surface area contributed by atoms with Crippen molar-refractivity contribution in [3.8, 4) is 11.5 Å². The predicted molar refractivity (Wildman–Crippen MR) is 140 cm³/mol. The number of rotatable bonds is 5. The molecule has 35 heavy (non-hydrogen) atoms. The first kappa shape index (κ1) is 28.3. The van der Waals surface area contributed by atoms with Crippen LogP contribution in [-0.4, -0.2) is 43.6 Å². The number of alkyl carbamates (subject to hydrolysis) is 1. The van der Waals surface area contributed by atoms with Gasteiger partial charge in [-0.3, -0.25) is 4.31 Å². The van der Waals surface area contributed by atoms with E-state index in [1.165, 1.54) is 12.6 Å². The Morgan fingerprint density at radius 1 is 1.14 bits per heavy atom. The molecule has 190 valence electrons. The molecule has 0 aliphatic heterocycles. The first-order valence-electron chi connectivity index (χ1n) is 10.7. The number of hydrogen-bond acceptors (Lipinski definition) is 7. The van der Waals surface area contributed by atoms with Crippen molar-refractivity contribution in [3.05, 3.63) is 64.5 Å². The Bertz CT molecular complexity index is 1240. The van der Waals surface area contributed by atoms with Gasteiger partial charge in [0.2, 0.25) is 21.8 Å². The second kappa shape index (κ2) is 11.7. The molecule has 0 unspecified atom stereocenters. The molecule has 9 nitrogen and oxygen atoms in total. The number of nitrogens with zero attached hydrogens (tertiary/aromatic N) is 3. The van der Waals surface area contributed by atoms with Gasteiger partial charge in [-0.15, -0.1) is 10.2 Å². The third-order valence-corrected chi connectivity index (χ3v) is 6.14. The molecule has 2 aromatic carbocycles. The second-order valence-corrected chi connectivity index (χ2v) is 11.8. The summed E-state index contributed by atoms with van der Waals surface area (Å²) in [5.74, 6) is 0.385. The van der Waals surface area contributed by atoms with Crippen LogP contribution < -0.4 is 9.62 Å². The maximum Gasteiger partial charge on any atom is 0.408 e. The summed E-state index contributed by atoms with van der Waals surface area (Å²) in [6.45, 7) is 9.06. The summed E-state index contributed by atoms with van der Waals surface area (Å²) in [5, 5.41) is 10.6. The van der Waals surface area contributed by atoms with Crippen LogP contribution in [0.2, 0.25) is 0 Å². The zero-order chi connectivity index (χ0) is 26.4. The van der Waals surface area contributed by atoms with Gasteiger partial charge in [-0.05, 0) is 52.8 Å². The lowest BCUT2D eigenvalue weighted by Crippen LogP contribution is -2.34. The van der Waals surface area contributed by atoms with Crippen molar-refractivity contribution in [1.82, 2.24) is 15.5 Å². The number of carbonyl (C=O) groups is 1. The number of aryl methyl sites for hydroxylation is 1. The van der Waals surface area contributed by atoms with Crippen LogP contribution in [0.15, 0.2) is 57.4 Å². The maximum atomic E-state index is 11.9. The summed E-state index contributed by atoms with van der Waals surface area (Å²) in [6, 6.07) is 14.7. The summed E-state index contributed by atoms with van der Waals surface area (Å²) in [7, 11) is -1.97. The number of ether oxygens (including phenoxy) is 1. The van der Waals surface area contributed by atoms with Crippen molar-refractivity contribution in [2.45, 2.75) is 46.3 Å². The fourth-order valence-corrected chi connectivity index (χ4v) is 3.65. The van der Waals surface area contributed by atoms with E-state index >= 15 is 0 Å². The molecule has 0 fully saturated rings. The normalized spacial score (nSPS) is 12.2. The van der Waals surface area contributed by atoms with Gasteiger partial charge in [0.25, 0.3) is 0 Å². The maximum absolute atomic E-state index is 11.9. The Morgan fingerprint density at radius 3 is 2.29 bits per heavy atom. The molecule has 0 saturated carbocycles. The number of aromatic nitrogens is 2. The number of anilines is 1. The molecule has 0 radical (unpaired) electrons. The molecule has 0 aliphatic rings. The molecule has 1 aromatic heterocycles. The lowest BCUT2D eigenvalue weighted by Gasteiger charge is -2.20. The number of nitrogens with one attached hydrogen (secondary N) is 1. The molecule has 1 N–H and O–H groups in total. The van der Waals surface area contributed by atoms with Crippen LogP contribution in [0.25, 0.3) is 11.5 Å². The summed E-state index contributed by atoms with van der Waals surface area (Å²) in [4.78, 5) is 11.9. The van der Waals surface area contributed by atoms with Gasteiger partial charge in [-0.1, -0.05) is 51.8 Å². The average Bonchev–Trinajstić information content (AvgIpc) is 3.22. The Balaban J connectivity index is 0.000000527. The summed E-state index contributed by atoms with van der Waals surface area (Å²) >= 11 is 3.36. The van der Waals surface area contributed by atoms with Crippen molar-refractivity contribution in [3.63, 3.8) is 0 Å². The van der Waals surface area contributed by atoms with E-state index in [4.69, 9.17) is 9.15 Å². The molecular formula is C24H31BrN4O5S. The number of carbonyl (C=O) groups excluding carboxylic acids is 1. The third kappa shape index (κ3) is 9.33. The van der Waals surface area contributed by atoms with Crippen LogP contribution in [0.1, 0.15) is 45.2 Å². The number of halogens is 1. The summed E-state index contributed by atoms with van der Waals surface area (Å²) in [6.07, 6.45) is 0.516. The quantitative estimate of drug-likeness (QED) is 0.435. The Morgan fingerprint density at radius 2 is 1.77 bits per heavy atom. The lowest BCUT2D eigenvalue weighted by molar-refractivity contribution is 0.0501. The van der Waals surface area contributed by atoms with Crippen LogP contribution in [0, 0.1) is 6.92 Å². The number of sulfonamides is 1. The van der Waals surface area contributed by atoms with Crippen molar-refractivity contribution in [1.29, 1.82) is 0 Å². The van der Waals surface area contributed by atoms with Gasteiger partial charge in [0.1, 0.15) is 11.6 Å². The minimum Gasteiger partial charge on any atom is -0.444 e. The average molecular weight is 568 g/mol. The molecule has 0 saturated heterocycles. The van der Waals surface area contributed by atoms with Gasteiger partial charge in [0, 0.05) is 17.1 Å². The fourth-order valence-electron chi connectivity index (χ4n) is 2.68. The van der Waals surface area contributed by atoms with Gasteiger partial charge >= 0.3 is 6.09 Å². The Kier molecular flexibility index (Phi) is 9.45. The van der Waals surface area contributed by atoms with E-state index in [-0.39, 0.29) is 11.8 Å². The van der Waals surface area contributed by atoms with Crippen LogP contribution in [0.4, 0.5) is 10.5 Å². The second-order valence-electron chi connectivity index (χ2n) is 8.90.